The molecule has 0 nitrogen and oxygen atoms in total. The minimum absolute atomic E-state index is 0.0230. The number of aryl methyl sites for hydroxylation is 1. The molecule has 1 saturated carbocycles. The normalized spacial score (nSPS) is 17.5. The molecule has 0 amide bonds. The summed E-state index contributed by atoms with van der Waals surface area (Å²) in [6, 6.07) is 18.4. The Morgan fingerprint density at radius 3 is 2.33 bits per heavy atom. The van der Waals surface area contributed by atoms with Crippen molar-refractivity contribution in [3.63, 3.8) is 0 Å². The summed E-state index contributed by atoms with van der Waals surface area (Å²) in [7, 11) is 0. The number of hydrogen-bond acceptors (Lipinski definition) is 0. The molecule has 0 unspecified atom stereocenters. The number of fused-ring (bicyclic) bond motifs is 1. The van der Waals surface area contributed by atoms with Crippen molar-refractivity contribution in [1.29, 1.82) is 0 Å². The van der Waals surface area contributed by atoms with Gasteiger partial charge in [0.1, 0.15) is 5.82 Å². The third kappa shape index (κ3) is 7.10. The highest BCUT2D eigenvalue weighted by atomic mass is 19.1. The van der Waals surface area contributed by atoms with Gasteiger partial charge in [0, 0.05) is 16.5 Å². The SMILES string of the molecule is C=CCCc1ccc(C#Cc2ccc3c(F)c(C4CCC(CCCCCCC)CC4)ccc3c2)cc1. The molecule has 1 fully saturated rings. The molecule has 0 atom stereocenters. The maximum atomic E-state index is 15.5. The maximum absolute atomic E-state index is 15.5. The molecule has 3 aromatic rings. The first-order chi connectivity index (χ1) is 17.7. The van der Waals surface area contributed by atoms with Gasteiger partial charge >= 0.3 is 0 Å². The van der Waals surface area contributed by atoms with E-state index in [1.807, 2.05) is 30.3 Å². The standard InChI is InChI=1S/C35H41F/c1-3-5-7-8-9-11-28-18-21-31(22-19-28)33-25-23-32-26-30(20-24-34(32)35(33)36)17-16-29-14-12-27(13-15-29)10-6-4-2/h4,12-15,20,23-26,28,31H,2-3,5-11,18-19,21-22H2,1H3. The molecular formula is C35H41F. The van der Waals surface area contributed by atoms with Gasteiger partial charge in [0.2, 0.25) is 0 Å². The topological polar surface area (TPSA) is 0 Å². The van der Waals surface area contributed by atoms with E-state index < -0.39 is 0 Å². The van der Waals surface area contributed by atoms with Crippen molar-refractivity contribution in [2.24, 2.45) is 5.92 Å². The first-order valence-electron chi connectivity index (χ1n) is 14.1. The van der Waals surface area contributed by atoms with Gasteiger partial charge in [-0.05, 0) is 91.1 Å². The van der Waals surface area contributed by atoms with E-state index in [9.17, 15) is 0 Å². The Labute approximate surface area is 218 Å². The molecule has 0 aromatic heterocycles. The molecule has 0 heterocycles. The molecule has 0 radical (unpaired) electrons. The number of benzene rings is 3. The van der Waals surface area contributed by atoms with Crippen LogP contribution in [-0.2, 0) is 6.42 Å². The van der Waals surface area contributed by atoms with Crippen LogP contribution in [0.1, 0.15) is 106 Å². The van der Waals surface area contributed by atoms with Gasteiger partial charge in [-0.25, -0.2) is 4.39 Å². The highest BCUT2D eigenvalue weighted by Crippen LogP contribution is 2.40. The molecule has 188 valence electrons. The molecule has 1 aliphatic rings. The molecule has 4 rings (SSSR count). The fraction of sp³-hybridized carbons (Fsp3) is 0.429. The Morgan fingerprint density at radius 1 is 0.861 bits per heavy atom. The number of rotatable bonds is 10. The van der Waals surface area contributed by atoms with Gasteiger partial charge in [0.25, 0.3) is 0 Å². The molecule has 1 aliphatic carbocycles. The van der Waals surface area contributed by atoms with E-state index >= 15 is 4.39 Å². The van der Waals surface area contributed by atoms with Crippen molar-refractivity contribution >= 4 is 10.8 Å². The summed E-state index contributed by atoms with van der Waals surface area (Å²) >= 11 is 0. The van der Waals surface area contributed by atoms with Crippen LogP contribution < -0.4 is 0 Å². The molecule has 0 spiro atoms. The number of allylic oxidation sites excluding steroid dienone is 1. The van der Waals surface area contributed by atoms with Crippen LogP contribution in [0.5, 0.6) is 0 Å². The van der Waals surface area contributed by atoms with Crippen LogP contribution >= 0.6 is 0 Å². The summed E-state index contributed by atoms with van der Waals surface area (Å²) in [5.41, 5.74) is 4.13. The van der Waals surface area contributed by atoms with Crippen molar-refractivity contribution in [1.82, 2.24) is 0 Å². The summed E-state index contributed by atoms with van der Waals surface area (Å²) in [5.74, 6) is 7.69. The van der Waals surface area contributed by atoms with E-state index in [0.717, 1.165) is 59.1 Å². The molecule has 0 N–H and O–H groups in total. The number of hydrogen-bond donors (Lipinski definition) is 0. The lowest BCUT2D eigenvalue weighted by Crippen LogP contribution is -2.14. The van der Waals surface area contributed by atoms with Crippen LogP contribution in [0.15, 0.2) is 67.3 Å². The summed E-state index contributed by atoms with van der Waals surface area (Å²) in [4.78, 5) is 0. The Morgan fingerprint density at radius 2 is 1.58 bits per heavy atom. The Kier molecular flexibility index (Phi) is 9.80. The fourth-order valence-corrected chi connectivity index (χ4v) is 5.67. The largest absolute Gasteiger partial charge is 0.206 e. The second-order valence-corrected chi connectivity index (χ2v) is 10.6. The van der Waals surface area contributed by atoms with Crippen LogP contribution in [0.2, 0.25) is 0 Å². The predicted octanol–water partition coefficient (Wildman–Crippen LogP) is 10.1. The molecule has 0 saturated heterocycles. The van der Waals surface area contributed by atoms with Crippen LogP contribution in [0.3, 0.4) is 0 Å². The van der Waals surface area contributed by atoms with Gasteiger partial charge in [-0.1, -0.05) is 93.7 Å². The summed E-state index contributed by atoms with van der Waals surface area (Å²) in [5, 5.41) is 1.66. The van der Waals surface area contributed by atoms with Crippen LogP contribution in [0, 0.1) is 23.6 Å². The lowest BCUT2D eigenvalue weighted by atomic mass is 9.76. The summed E-state index contributed by atoms with van der Waals surface area (Å²) in [6.07, 6.45) is 16.8. The Bertz CT molecular complexity index is 1180. The highest BCUT2D eigenvalue weighted by Gasteiger charge is 2.24. The zero-order chi connectivity index (χ0) is 25.2. The lowest BCUT2D eigenvalue weighted by Gasteiger charge is -2.29. The quantitative estimate of drug-likeness (QED) is 0.154. The summed E-state index contributed by atoms with van der Waals surface area (Å²) < 4.78 is 15.5. The van der Waals surface area contributed by atoms with E-state index in [1.54, 1.807) is 0 Å². The molecular weight excluding hydrogens is 439 g/mol. The Hall–Kier alpha value is -2.85. The smallest absolute Gasteiger partial charge is 0.134 e. The lowest BCUT2D eigenvalue weighted by molar-refractivity contribution is 0.299. The average Bonchev–Trinajstić information content (AvgIpc) is 2.92. The predicted molar refractivity (Wildman–Crippen MR) is 153 cm³/mol. The van der Waals surface area contributed by atoms with Crippen LogP contribution in [0.25, 0.3) is 10.8 Å². The van der Waals surface area contributed by atoms with Gasteiger partial charge < -0.3 is 0 Å². The second-order valence-electron chi connectivity index (χ2n) is 10.6. The molecule has 36 heavy (non-hydrogen) atoms. The second kappa shape index (κ2) is 13.5. The van der Waals surface area contributed by atoms with E-state index in [4.69, 9.17) is 0 Å². The van der Waals surface area contributed by atoms with Crippen molar-refractivity contribution < 1.29 is 4.39 Å². The Balaban J connectivity index is 1.37. The third-order valence-corrected chi connectivity index (χ3v) is 7.93. The van der Waals surface area contributed by atoms with Crippen molar-refractivity contribution in [3.05, 3.63) is 95.3 Å². The van der Waals surface area contributed by atoms with Gasteiger partial charge in [0.15, 0.2) is 0 Å². The van der Waals surface area contributed by atoms with Gasteiger partial charge in [-0.2, -0.15) is 0 Å². The van der Waals surface area contributed by atoms with Gasteiger partial charge in [-0.15, -0.1) is 6.58 Å². The molecule has 3 aromatic carbocycles. The van der Waals surface area contributed by atoms with Gasteiger partial charge in [0.05, 0.1) is 0 Å². The summed E-state index contributed by atoms with van der Waals surface area (Å²) in [6.45, 7) is 6.06. The number of halogens is 1. The maximum Gasteiger partial charge on any atom is 0.134 e. The monoisotopic (exact) mass is 480 g/mol. The van der Waals surface area contributed by atoms with Crippen molar-refractivity contribution in [3.8, 4) is 11.8 Å². The minimum Gasteiger partial charge on any atom is -0.206 e. The van der Waals surface area contributed by atoms with Crippen LogP contribution in [0.4, 0.5) is 4.39 Å². The van der Waals surface area contributed by atoms with Crippen molar-refractivity contribution in [2.75, 3.05) is 0 Å². The molecule has 1 heteroatoms. The zero-order valence-corrected chi connectivity index (χ0v) is 22.0. The van der Waals surface area contributed by atoms with E-state index in [-0.39, 0.29) is 5.82 Å². The van der Waals surface area contributed by atoms with Crippen molar-refractivity contribution in [2.45, 2.75) is 89.9 Å². The van der Waals surface area contributed by atoms with Crippen LogP contribution in [-0.4, -0.2) is 0 Å². The third-order valence-electron chi connectivity index (χ3n) is 7.93. The highest BCUT2D eigenvalue weighted by molar-refractivity contribution is 5.85. The first kappa shape index (κ1) is 26.2. The van der Waals surface area contributed by atoms with E-state index in [0.29, 0.717) is 5.92 Å². The average molecular weight is 481 g/mol. The van der Waals surface area contributed by atoms with E-state index in [1.165, 1.54) is 56.9 Å². The number of unbranched alkanes of at least 4 members (excludes halogenated alkanes) is 4. The first-order valence-corrected chi connectivity index (χ1v) is 14.1. The minimum atomic E-state index is -0.0230. The van der Waals surface area contributed by atoms with E-state index in [2.05, 4.69) is 55.7 Å². The molecule has 0 bridgehead atoms. The molecule has 0 aliphatic heterocycles. The van der Waals surface area contributed by atoms with Gasteiger partial charge in [-0.3, -0.25) is 0 Å². The zero-order valence-electron chi connectivity index (χ0n) is 22.0. The fourth-order valence-electron chi connectivity index (χ4n) is 5.67.